The van der Waals surface area contributed by atoms with Crippen molar-refractivity contribution in [2.45, 2.75) is 27.2 Å². The molecule has 0 fully saturated rings. The summed E-state index contributed by atoms with van der Waals surface area (Å²) < 4.78 is 0. The van der Waals surface area contributed by atoms with Crippen molar-refractivity contribution in [3.63, 3.8) is 0 Å². The Bertz CT molecular complexity index is 258. The van der Waals surface area contributed by atoms with Gasteiger partial charge in [0.15, 0.2) is 0 Å². The molecule has 0 spiro atoms. The number of hydrogen-bond acceptors (Lipinski definition) is 4. The second-order valence-electron chi connectivity index (χ2n) is 2.09. The van der Waals surface area contributed by atoms with Crippen LogP contribution in [-0.4, -0.2) is 15.4 Å². The molecule has 0 saturated heterocycles. The third kappa shape index (κ3) is 4.20. The quantitative estimate of drug-likeness (QED) is 0.755. The first-order chi connectivity index (χ1) is 6.34. The van der Waals surface area contributed by atoms with Crippen LogP contribution in [0.2, 0.25) is 0 Å². The van der Waals surface area contributed by atoms with E-state index in [0.717, 1.165) is 6.42 Å². The number of nitrogen functional groups attached to an aromatic ring is 1. The average Bonchev–Trinajstić information content (AvgIpc) is 2.20. The van der Waals surface area contributed by atoms with E-state index in [2.05, 4.69) is 15.4 Å². The highest BCUT2D eigenvalue weighted by Gasteiger charge is 1.93. The van der Waals surface area contributed by atoms with E-state index in [1.165, 1.54) is 6.20 Å². The molecule has 1 aromatic rings. The summed E-state index contributed by atoms with van der Waals surface area (Å²) in [5.74, 6) is 0. The molecule has 0 amide bonds. The van der Waals surface area contributed by atoms with Gasteiger partial charge in [0, 0.05) is 0 Å². The molecule has 0 aromatic carbocycles. The highest BCUT2D eigenvalue weighted by Crippen LogP contribution is 2.05. The van der Waals surface area contributed by atoms with Gasteiger partial charge >= 0.3 is 0 Å². The van der Waals surface area contributed by atoms with Crippen molar-refractivity contribution >= 4 is 11.8 Å². The van der Waals surface area contributed by atoms with Gasteiger partial charge in [-0.3, -0.25) is 0 Å². The van der Waals surface area contributed by atoms with Gasteiger partial charge in [-0.1, -0.05) is 26.8 Å². The minimum Gasteiger partial charge on any atom is -0.396 e. The Labute approximate surface area is 78.9 Å². The number of nitrogens with two attached hydrogens (primary N) is 1. The van der Waals surface area contributed by atoms with Crippen LogP contribution in [0.4, 0.5) is 5.69 Å². The normalized spacial score (nSPS) is 9.46. The van der Waals surface area contributed by atoms with Gasteiger partial charge in [-0.05, 0) is 17.7 Å². The van der Waals surface area contributed by atoms with Crippen LogP contribution in [-0.2, 0) is 0 Å². The van der Waals surface area contributed by atoms with Crippen LogP contribution in [0.1, 0.15) is 32.9 Å². The Morgan fingerprint density at radius 2 is 2.15 bits per heavy atom. The number of anilines is 1. The molecule has 4 heteroatoms. The summed E-state index contributed by atoms with van der Waals surface area (Å²) in [5, 5.41) is 10.7. The van der Waals surface area contributed by atoms with Gasteiger partial charge in [0.25, 0.3) is 0 Å². The third-order valence-corrected chi connectivity index (χ3v) is 1.21. The van der Waals surface area contributed by atoms with Crippen LogP contribution in [0.25, 0.3) is 6.08 Å². The monoisotopic (exact) mass is 180 g/mol. The molecule has 0 aliphatic carbocycles. The van der Waals surface area contributed by atoms with E-state index in [9.17, 15) is 0 Å². The van der Waals surface area contributed by atoms with E-state index >= 15 is 0 Å². The zero-order valence-corrected chi connectivity index (χ0v) is 8.36. The Kier molecular flexibility index (Phi) is 6.41. The van der Waals surface area contributed by atoms with Crippen molar-refractivity contribution < 1.29 is 0 Å². The molecule has 0 aliphatic heterocycles. The van der Waals surface area contributed by atoms with E-state index in [1.807, 2.05) is 32.9 Å². The van der Waals surface area contributed by atoms with Crippen LogP contribution in [0, 0.1) is 0 Å². The number of hydrogen-bond donors (Lipinski definition) is 1. The first-order valence-corrected chi connectivity index (χ1v) is 4.45. The van der Waals surface area contributed by atoms with Crippen molar-refractivity contribution in [2.75, 3.05) is 5.73 Å². The van der Waals surface area contributed by atoms with Gasteiger partial charge in [-0.25, -0.2) is 0 Å². The molecule has 4 nitrogen and oxygen atoms in total. The Morgan fingerprint density at radius 3 is 2.69 bits per heavy atom. The molecule has 0 aliphatic rings. The van der Waals surface area contributed by atoms with Crippen LogP contribution in [0.15, 0.2) is 12.3 Å². The van der Waals surface area contributed by atoms with Gasteiger partial charge in [-0.15, -0.1) is 10.2 Å². The molecule has 0 atom stereocenters. The van der Waals surface area contributed by atoms with Crippen molar-refractivity contribution in [1.82, 2.24) is 15.4 Å². The lowest BCUT2D eigenvalue weighted by atomic mass is 10.3. The highest BCUT2D eigenvalue weighted by atomic mass is 15.3. The zero-order valence-electron chi connectivity index (χ0n) is 8.36. The van der Waals surface area contributed by atoms with Crippen molar-refractivity contribution in [2.24, 2.45) is 0 Å². The second kappa shape index (κ2) is 7.21. The maximum absolute atomic E-state index is 5.55. The second-order valence-corrected chi connectivity index (χ2v) is 2.09. The van der Waals surface area contributed by atoms with E-state index in [4.69, 9.17) is 5.73 Å². The third-order valence-electron chi connectivity index (χ3n) is 1.21. The number of aromatic nitrogens is 3. The van der Waals surface area contributed by atoms with Gasteiger partial charge in [0.2, 0.25) is 0 Å². The van der Waals surface area contributed by atoms with Crippen molar-refractivity contribution in [3.8, 4) is 0 Å². The SMILES string of the molecule is CC.CC/C=C\c1nnncc1N. The summed E-state index contributed by atoms with van der Waals surface area (Å²) in [7, 11) is 0. The largest absolute Gasteiger partial charge is 0.396 e. The van der Waals surface area contributed by atoms with E-state index < -0.39 is 0 Å². The van der Waals surface area contributed by atoms with Gasteiger partial charge in [0.05, 0.1) is 11.9 Å². The van der Waals surface area contributed by atoms with Gasteiger partial charge < -0.3 is 5.73 Å². The molecule has 0 bridgehead atoms. The fraction of sp³-hybridized carbons (Fsp3) is 0.444. The lowest BCUT2D eigenvalue weighted by molar-refractivity contribution is 0.861. The lowest BCUT2D eigenvalue weighted by Gasteiger charge is -1.93. The fourth-order valence-corrected chi connectivity index (χ4v) is 0.645. The minimum atomic E-state index is 0.560. The Hall–Kier alpha value is -1.45. The molecule has 1 aromatic heterocycles. The maximum Gasteiger partial charge on any atom is 0.112 e. The Morgan fingerprint density at radius 1 is 1.46 bits per heavy atom. The summed E-state index contributed by atoms with van der Waals surface area (Å²) >= 11 is 0. The summed E-state index contributed by atoms with van der Waals surface area (Å²) in [6.45, 7) is 6.04. The molecule has 1 rings (SSSR count). The molecule has 0 unspecified atom stereocenters. The van der Waals surface area contributed by atoms with Crippen LogP contribution < -0.4 is 5.73 Å². The summed E-state index contributed by atoms with van der Waals surface area (Å²) in [6.07, 6.45) is 6.26. The van der Waals surface area contributed by atoms with Crippen molar-refractivity contribution in [3.05, 3.63) is 18.0 Å². The van der Waals surface area contributed by atoms with Crippen LogP contribution >= 0.6 is 0 Å². The topological polar surface area (TPSA) is 64.7 Å². The maximum atomic E-state index is 5.55. The minimum absolute atomic E-state index is 0.560. The fourth-order valence-electron chi connectivity index (χ4n) is 0.645. The highest BCUT2D eigenvalue weighted by molar-refractivity contribution is 5.58. The summed E-state index contributed by atoms with van der Waals surface area (Å²) in [4.78, 5) is 0. The molecular formula is C9H16N4. The van der Waals surface area contributed by atoms with E-state index in [1.54, 1.807) is 0 Å². The molecule has 13 heavy (non-hydrogen) atoms. The van der Waals surface area contributed by atoms with Gasteiger partial charge in [-0.2, -0.15) is 0 Å². The predicted octanol–water partition coefficient (Wildman–Crippen LogP) is 1.90. The van der Waals surface area contributed by atoms with E-state index in [-0.39, 0.29) is 0 Å². The zero-order chi connectivity index (χ0) is 10.1. The average molecular weight is 180 g/mol. The van der Waals surface area contributed by atoms with Crippen LogP contribution in [0.3, 0.4) is 0 Å². The molecular weight excluding hydrogens is 164 g/mol. The van der Waals surface area contributed by atoms with Crippen molar-refractivity contribution in [1.29, 1.82) is 0 Å². The summed E-state index contributed by atoms with van der Waals surface area (Å²) in [6, 6.07) is 0. The Balaban J connectivity index is 0.000000671. The molecule has 0 radical (unpaired) electrons. The predicted molar refractivity (Wildman–Crippen MR) is 54.9 cm³/mol. The first kappa shape index (κ1) is 11.6. The number of rotatable bonds is 2. The number of allylic oxidation sites excluding steroid dienone is 1. The summed E-state index contributed by atoms with van der Waals surface area (Å²) in [5.41, 5.74) is 6.79. The standard InChI is InChI=1S/C7H10N4.C2H6/c1-2-3-4-7-6(8)5-9-11-10-7;1-2/h3-5H,2H2,1H3,(H2,8,11);1-2H3/b4-3-;. The first-order valence-electron chi connectivity index (χ1n) is 4.45. The molecule has 72 valence electrons. The molecule has 2 N–H and O–H groups in total. The van der Waals surface area contributed by atoms with Crippen LogP contribution in [0.5, 0.6) is 0 Å². The molecule has 1 heterocycles. The smallest absolute Gasteiger partial charge is 0.112 e. The van der Waals surface area contributed by atoms with E-state index in [0.29, 0.717) is 11.4 Å². The number of nitrogens with zero attached hydrogens (tertiary/aromatic N) is 3. The van der Waals surface area contributed by atoms with Gasteiger partial charge in [0.1, 0.15) is 5.69 Å². The molecule has 0 saturated carbocycles. The lowest BCUT2D eigenvalue weighted by Crippen LogP contribution is -1.96.